The number of halogens is 4. The molecule has 0 radical (unpaired) electrons. The van der Waals surface area contributed by atoms with Crippen molar-refractivity contribution in [1.29, 1.82) is 0 Å². The molecule has 1 saturated heterocycles. The first-order chi connectivity index (χ1) is 18.7. The van der Waals surface area contributed by atoms with Gasteiger partial charge in [0.15, 0.2) is 0 Å². The van der Waals surface area contributed by atoms with Crippen LogP contribution < -0.4 is 0 Å². The molecule has 3 aromatic rings. The van der Waals surface area contributed by atoms with Gasteiger partial charge in [-0.2, -0.15) is 0 Å². The van der Waals surface area contributed by atoms with Crippen LogP contribution in [0.3, 0.4) is 0 Å². The summed E-state index contributed by atoms with van der Waals surface area (Å²) in [5, 5.41) is 1.11. The first kappa shape index (κ1) is 29.8. The van der Waals surface area contributed by atoms with E-state index in [4.69, 9.17) is 32.7 Å². The molecule has 0 N–H and O–H groups in total. The molecule has 0 spiro atoms. The third-order valence-electron chi connectivity index (χ3n) is 6.70. The average molecular weight is 684 g/mol. The maximum Gasteiger partial charge on any atom is 0.328 e. The molecule has 4 rings (SSSR count). The monoisotopic (exact) mass is 683 g/mol. The normalized spacial score (nSPS) is 20.1. The van der Waals surface area contributed by atoms with Crippen molar-refractivity contribution in [3.05, 3.63) is 103 Å². The Morgan fingerprint density at radius 3 is 2.21 bits per heavy atom. The minimum Gasteiger partial charge on any atom is -0.464 e. The lowest BCUT2D eigenvalue weighted by Crippen LogP contribution is -2.57. The van der Waals surface area contributed by atoms with Crippen molar-refractivity contribution in [1.82, 2.24) is 4.90 Å². The highest BCUT2D eigenvalue weighted by molar-refractivity contribution is 14.1. The maximum atomic E-state index is 14.4. The van der Waals surface area contributed by atoms with Crippen LogP contribution in [0.2, 0.25) is 10.0 Å². The predicted molar refractivity (Wildman–Crippen MR) is 158 cm³/mol. The van der Waals surface area contributed by atoms with Crippen molar-refractivity contribution in [2.45, 2.75) is 57.4 Å². The van der Waals surface area contributed by atoms with Crippen LogP contribution in [-0.4, -0.2) is 35.5 Å². The summed E-state index contributed by atoms with van der Waals surface area (Å²) in [5.74, 6) is -1.19. The van der Waals surface area contributed by atoms with E-state index in [9.17, 15) is 14.0 Å². The Hall–Kier alpha value is -2.20. The Balaban J connectivity index is 1.86. The number of rotatable bonds is 9. The minimum atomic E-state index is -0.956. The largest absolute Gasteiger partial charge is 0.464 e. The highest BCUT2D eigenvalue weighted by atomic mass is 127. The van der Waals surface area contributed by atoms with Gasteiger partial charge in [0.2, 0.25) is 0 Å². The minimum absolute atomic E-state index is 0.141. The molecule has 1 amide bonds. The smallest absolute Gasteiger partial charge is 0.328 e. The summed E-state index contributed by atoms with van der Waals surface area (Å²) in [6, 6.07) is 17.8. The summed E-state index contributed by atoms with van der Waals surface area (Å²) in [6.07, 6.45) is -0.397. The third kappa shape index (κ3) is 6.93. The molecule has 0 saturated carbocycles. The second-order valence-electron chi connectivity index (χ2n) is 9.35. The van der Waals surface area contributed by atoms with E-state index in [0.717, 1.165) is 11.1 Å². The summed E-state index contributed by atoms with van der Waals surface area (Å²) in [7, 11) is 0. The number of benzene rings is 3. The zero-order chi connectivity index (χ0) is 28.1. The zero-order valence-corrected chi connectivity index (χ0v) is 25.3. The number of ether oxygens (including phenoxy) is 2. The molecule has 1 aliphatic rings. The first-order valence-electron chi connectivity index (χ1n) is 12.8. The van der Waals surface area contributed by atoms with Crippen LogP contribution in [-0.2, 0) is 25.5 Å². The lowest BCUT2D eigenvalue weighted by atomic mass is 9.88. The van der Waals surface area contributed by atoms with Crippen LogP contribution in [0.25, 0.3) is 0 Å². The summed E-state index contributed by atoms with van der Waals surface area (Å²) in [6.45, 7) is 3.88. The fraction of sp³-hybridized carbons (Fsp3) is 0.333. The Labute approximate surface area is 251 Å². The topological polar surface area (TPSA) is 55.8 Å². The predicted octanol–water partition coefficient (Wildman–Crippen LogP) is 7.72. The molecule has 39 heavy (non-hydrogen) atoms. The maximum absolute atomic E-state index is 14.4. The molecule has 206 valence electrons. The van der Waals surface area contributed by atoms with Gasteiger partial charge >= 0.3 is 5.97 Å². The van der Waals surface area contributed by atoms with Crippen LogP contribution in [0.15, 0.2) is 66.7 Å². The highest BCUT2D eigenvalue weighted by Crippen LogP contribution is 2.44. The van der Waals surface area contributed by atoms with Crippen molar-refractivity contribution < 1.29 is 23.5 Å². The fourth-order valence-electron chi connectivity index (χ4n) is 4.91. The van der Waals surface area contributed by atoms with Gasteiger partial charge in [-0.25, -0.2) is 9.18 Å². The molecule has 1 aliphatic heterocycles. The van der Waals surface area contributed by atoms with Crippen molar-refractivity contribution in [2.75, 3.05) is 6.61 Å². The van der Waals surface area contributed by atoms with Gasteiger partial charge in [-0.05, 0) is 89.0 Å². The molecule has 0 bridgehead atoms. The summed E-state index contributed by atoms with van der Waals surface area (Å²) in [4.78, 5) is 29.1. The van der Waals surface area contributed by atoms with Crippen LogP contribution in [0.5, 0.6) is 0 Å². The molecule has 4 atom stereocenters. The van der Waals surface area contributed by atoms with Crippen LogP contribution in [0.4, 0.5) is 4.39 Å². The first-order valence-corrected chi connectivity index (χ1v) is 14.7. The summed E-state index contributed by atoms with van der Waals surface area (Å²) < 4.78 is 26.9. The van der Waals surface area contributed by atoms with Crippen molar-refractivity contribution >= 4 is 57.7 Å². The molecule has 1 fully saturated rings. The lowest BCUT2D eigenvalue weighted by Gasteiger charge is -2.47. The zero-order valence-electron chi connectivity index (χ0n) is 21.6. The second kappa shape index (κ2) is 13.4. The Morgan fingerprint density at radius 2 is 1.64 bits per heavy atom. The van der Waals surface area contributed by atoms with E-state index < -0.39 is 30.3 Å². The van der Waals surface area contributed by atoms with Crippen molar-refractivity contribution in [3.63, 3.8) is 0 Å². The number of carbonyl (C=O) groups is 2. The quantitative estimate of drug-likeness (QED) is 0.171. The number of carbonyl (C=O) groups excluding carboxylic acids is 2. The van der Waals surface area contributed by atoms with Gasteiger partial charge in [0.05, 0.1) is 12.6 Å². The van der Waals surface area contributed by atoms with Crippen molar-refractivity contribution in [3.8, 4) is 0 Å². The van der Waals surface area contributed by atoms with Gasteiger partial charge in [0.25, 0.3) is 5.91 Å². The van der Waals surface area contributed by atoms with E-state index in [2.05, 4.69) is 0 Å². The Morgan fingerprint density at radius 1 is 1.03 bits per heavy atom. The van der Waals surface area contributed by atoms with Gasteiger partial charge < -0.3 is 14.4 Å². The molecule has 3 aromatic carbocycles. The van der Waals surface area contributed by atoms with Crippen molar-refractivity contribution in [2.24, 2.45) is 0 Å². The molecule has 0 unspecified atom stereocenters. The number of hydrogen-bond acceptors (Lipinski definition) is 4. The molecule has 1 heterocycles. The van der Waals surface area contributed by atoms with Gasteiger partial charge in [0, 0.05) is 20.0 Å². The molecular weight excluding hydrogens is 655 g/mol. The number of hydrogen-bond donors (Lipinski definition) is 0. The molecular formula is C30H29Cl2FINO4. The molecule has 0 aliphatic carbocycles. The molecule has 0 aromatic heterocycles. The average Bonchev–Trinajstić information content (AvgIpc) is 2.92. The number of morpholine rings is 1. The van der Waals surface area contributed by atoms with Crippen LogP contribution >= 0.6 is 45.8 Å². The standard InChI is InChI=1S/C30H29Cl2FINO4/c1-3-5-25(30(37)38-4-2)35-27(19-7-11-21(31)12-8-19)28(20-9-13-22(32)14-10-20)39-26(29(35)36)17-18-6-15-24(34)23(33)16-18/h6-16,25-28H,3-5,17H2,1-2H3/t25-,26+,27-,28+/m1/s1. The summed E-state index contributed by atoms with van der Waals surface area (Å²) in [5.41, 5.74) is 2.17. The van der Waals surface area contributed by atoms with E-state index in [0.29, 0.717) is 32.0 Å². The number of amides is 1. The molecule has 9 heteroatoms. The second-order valence-corrected chi connectivity index (χ2v) is 11.4. The lowest BCUT2D eigenvalue weighted by molar-refractivity contribution is -0.186. The SMILES string of the molecule is CCC[C@H](C(=O)OCC)N1C(=O)[C@H](Cc2ccc(I)c(F)c2)O[C@@H](c2ccc(Cl)cc2)[C@H]1c1ccc(Cl)cc1. The highest BCUT2D eigenvalue weighted by Gasteiger charge is 2.48. The van der Waals surface area contributed by atoms with Gasteiger partial charge in [-0.15, -0.1) is 0 Å². The van der Waals surface area contributed by atoms with E-state index in [1.165, 1.54) is 6.07 Å². The van der Waals surface area contributed by atoms with Gasteiger partial charge in [-0.1, -0.05) is 66.9 Å². The third-order valence-corrected chi connectivity index (χ3v) is 8.08. The van der Waals surface area contributed by atoms with E-state index >= 15 is 0 Å². The van der Waals surface area contributed by atoms with Gasteiger partial charge in [-0.3, -0.25) is 4.79 Å². The Kier molecular flexibility index (Phi) is 10.3. The summed E-state index contributed by atoms with van der Waals surface area (Å²) >= 11 is 14.3. The van der Waals surface area contributed by atoms with Crippen LogP contribution in [0, 0.1) is 9.39 Å². The van der Waals surface area contributed by atoms with Crippen LogP contribution in [0.1, 0.15) is 55.5 Å². The number of nitrogens with zero attached hydrogens (tertiary/aromatic N) is 1. The molecule has 5 nitrogen and oxygen atoms in total. The fourth-order valence-corrected chi connectivity index (χ4v) is 5.50. The van der Waals surface area contributed by atoms with E-state index in [1.54, 1.807) is 48.2 Å². The van der Waals surface area contributed by atoms with Gasteiger partial charge in [0.1, 0.15) is 24.1 Å². The number of esters is 1. The van der Waals surface area contributed by atoms with E-state index in [1.807, 2.05) is 53.8 Å². The Bertz CT molecular complexity index is 1310. The van der Waals surface area contributed by atoms with E-state index in [-0.39, 0.29) is 24.8 Å².